The van der Waals surface area contributed by atoms with E-state index in [2.05, 4.69) is 14.3 Å². The second-order valence-electron chi connectivity index (χ2n) is 5.72. The van der Waals surface area contributed by atoms with Crippen LogP contribution >= 0.6 is 36.3 Å². The fourth-order valence-electron chi connectivity index (χ4n) is 2.96. The third-order valence-electron chi connectivity index (χ3n) is 4.35. The molecule has 0 aliphatic carbocycles. The molecule has 3 heterocycles. The zero-order valence-corrected chi connectivity index (χ0v) is 15.7. The molecule has 3 rings (SSSR count). The Kier molecular flexibility index (Phi) is 8.44. The molecule has 1 atom stereocenters. The van der Waals surface area contributed by atoms with Gasteiger partial charge in [-0.15, -0.1) is 24.8 Å². The molecule has 0 radical (unpaired) electrons. The first kappa shape index (κ1) is 21.2. The number of nitrogens with zero attached hydrogens (tertiary/aromatic N) is 4. The van der Waals surface area contributed by atoms with Crippen molar-refractivity contribution in [2.75, 3.05) is 50.0 Å². The van der Waals surface area contributed by atoms with E-state index in [0.717, 1.165) is 31.1 Å². The number of carbonyl (C=O) groups excluding carboxylic acids is 1. The van der Waals surface area contributed by atoms with Crippen molar-refractivity contribution in [3.8, 4) is 0 Å². The Balaban J connectivity index is 0.00000144. The molecule has 2 saturated heterocycles. The summed E-state index contributed by atoms with van der Waals surface area (Å²) in [5.41, 5.74) is 11.7. The molecule has 0 spiro atoms. The number of amides is 1. The smallest absolute Gasteiger partial charge is 0.239 e. The summed E-state index contributed by atoms with van der Waals surface area (Å²) in [6.07, 6.45) is 1.74. The molecule has 0 saturated carbocycles. The van der Waals surface area contributed by atoms with Gasteiger partial charge in [0.2, 0.25) is 17.0 Å². The van der Waals surface area contributed by atoms with Crippen LogP contribution in [-0.4, -0.2) is 65.6 Å². The van der Waals surface area contributed by atoms with Crippen molar-refractivity contribution in [3.05, 3.63) is 0 Å². The highest BCUT2D eigenvalue weighted by atomic mass is 35.5. The van der Waals surface area contributed by atoms with Gasteiger partial charge in [0.1, 0.15) is 0 Å². The number of nitrogen functional groups attached to an aromatic ring is 1. The number of aromatic nitrogens is 2. The van der Waals surface area contributed by atoms with Crippen LogP contribution in [0.25, 0.3) is 0 Å². The first-order chi connectivity index (χ1) is 10.6. The Morgan fingerprint density at radius 2 is 1.83 bits per heavy atom. The van der Waals surface area contributed by atoms with Crippen LogP contribution < -0.4 is 16.4 Å². The third kappa shape index (κ3) is 4.82. The van der Waals surface area contributed by atoms with Crippen molar-refractivity contribution in [3.63, 3.8) is 0 Å². The van der Waals surface area contributed by atoms with E-state index in [1.54, 1.807) is 0 Å². The van der Waals surface area contributed by atoms with Crippen molar-refractivity contribution < 1.29 is 9.53 Å². The second-order valence-corrected chi connectivity index (χ2v) is 6.45. The summed E-state index contributed by atoms with van der Waals surface area (Å²) in [7, 11) is 0. The number of anilines is 2. The molecule has 0 aromatic carbocycles. The number of hydrogen-bond donors (Lipinski definition) is 2. The molecule has 11 heteroatoms. The Labute approximate surface area is 157 Å². The van der Waals surface area contributed by atoms with Crippen LogP contribution in [0, 0.1) is 5.92 Å². The van der Waals surface area contributed by atoms with Crippen LogP contribution in [0.3, 0.4) is 0 Å². The Hall–Kier alpha value is -0.870. The minimum Gasteiger partial charge on any atom is -0.381 e. The summed E-state index contributed by atoms with van der Waals surface area (Å²) in [6.45, 7) is 4.21. The molecule has 8 nitrogen and oxygen atoms in total. The van der Waals surface area contributed by atoms with Gasteiger partial charge in [-0.25, -0.2) is 0 Å². The van der Waals surface area contributed by atoms with E-state index in [0.29, 0.717) is 32.3 Å². The quantitative estimate of drug-likeness (QED) is 0.755. The lowest BCUT2D eigenvalue weighted by Gasteiger charge is -2.37. The monoisotopic (exact) mass is 398 g/mol. The molecule has 2 aliphatic rings. The maximum Gasteiger partial charge on any atom is 0.239 e. The molecule has 2 aliphatic heterocycles. The molecule has 0 bridgehead atoms. The number of hydrogen-bond acceptors (Lipinski definition) is 8. The van der Waals surface area contributed by atoms with Gasteiger partial charge in [-0.1, -0.05) is 0 Å². The van der Waals surface area contributed by atoms with Gasteiger partial charge in [-0.05, 0) is 18.8 Å². The lowest BCUT2D eigenvalue weighted by atomic mass is 9.91. The zero-order chi connectivity index (χ0) is 15.5. The van der Waals surface area contributed by atoms with E-state index in [1.807, 2.05) is 4.90 Å². The molecule has 1 aromatic heterocycles. The van der Waals surface area contributed by atoms with Crippen molar-refractivity contribution in [1.82, 2.24) is 14.3 Å². The summed E-state index contributed by atoms with van der Waals surface area (Å²) < 4.78 is 9.32. The SMILES string of the molecule is Cl.Cl.Nc1nsc(N2CCN(C(=O)C(N)C3CCOCC3)CC2)n1. The van der Waals surface area contributed by atoms with E-state index < -0.39 is 6.04 Å². The van der Waals surface area contributed by atoms with Crippen LogP contribution in [-0.2, 0) is 9.53 Å². The van der Waals surface area contributed by atoms with Crippen LogP contribution in [0.2, 0.25) is 0 Å². The molecule has 24 heavy (non-hydrogen) atoms. The van der Waals surface area contributed by atoms with Crippen LogP contribution in [0.4, 0.5) is 11.1 Å². The third-order valence-corrected chi connectivity index (χ3v) is 5.14. The number of carbonyl (C=O) groups is 1. The number of piperazine rings is 1. The highest BCUT2D eigenvalue weighted by molar-refractivity contribution is 7.09. The summed E-state index contributed by atoms with van der Waals surface area (Å²) in [5.74, 6) is 0.602. The second kappa shape index (κ2) is 9.57. The number of rotatable bonds is 3. The highest BCUT2D eigenvalue weighted by Crippen LogP contribution is 2.22. The van der Waals surface area contributed by atoms with Crippen molar-refractivity contribution in [2.45, 2.75) is 18.9 Å². The van der Waals surface area contributed by atoms with Gasteiger partial charge >= 0.3 is 0 Å². The average Bonchev–Trinajstić information content (AvgIpc) is 3.01. The fraction of sp³-hybridized carbons (Fsp3) is 0.769. The van der Waals surface area contributed by atoms with E-state index in [-0.39, 0.29) is 36.6 Å². The van der Waals surface area contributed by atoms with Gasteiger partial charge < -0.3 is 26.0 Å². The van der Waals surface area contributed by atoms with Gasteiger partial charge in [0.15, 0.2) is 0 Å². The van der Waals surface area contributed by atoms with Gasteiger partial charge in [0, 0.05) is 50.9 Å². The van der Waals surface area contributed by atoms with Crippen molar-refractivity contribution in [1.29, 1.82) is 0 Å². The molecule has 2 fully saturated rings. The van der Waals surface area contributed by atoms with Crippen LogP contribution in [0.15, 0.2) is 0 Å². The maximum atomic E-state index is 12.5. The predicted octanol–water partition coefficient (Wildman–Crippen LogP) is 0.366. The summed E-state index contributed by atoms with van der Waals surface area (Å²) in [4.78, 5) is 20.7. The van der Waals surface area contributed by atoms with Crippen molar-refractivity contribution in [2.24, 2.45) is 11.7 Å². The molecule has 4 N–H and O–H groups in total. The summed E-state index contributed by atoms with van der Waals surface area (Å²) in [6, 6.07) is -0.410. The number of nitrogens with two attached hydrogens (primary N) is 2. The lowest BCUT2D eigenvalue weighted by molar-refractivity contribution is -0.135. The number of ether oxygens (including phenoxy) is 1. The van der Waals surface area contributed by atoms with Crippen LogP contribution in [0.5, 0.6) is 0 Å². The van der Waals surface area contributed by atoms with Gasteiger partial charge in [-0.2, -0.15) is 9.36 Å². The topological polar surface area (TPSA) is 111 Å². The summed E-state index contributed by atoms with van der Waals surface area (Å²) >= 11 is 1.29. The van der Waals surface area contributed by atoms with Crippen molar-refractivity contribution >= 4 is 53.3 Å². The van der Waals surface area contributed by atoms with E-state index >= 15 is 0 Å². The number of halogens is 2. The molecular formula is C13H24Cl2N6O2S. The van der Waals surface area contributed by atoms with Crippen LogP contribution in [0.1, 0.15) is 12.8 Å². The maximum absolute atomic E-state index is 12.5. The molecular weight excluding hydrogens is 375 g/mol. The molecule has 1 aromatic rings. The average molecular weight is 399 g/mol. The van der Waals surface area contributed by atoms with E-state index in [4.69, 9.17) is 16.2 Å². The first-order valence-electron chi connectivity index (χ1n) is 7.61. The summed E-state index contributed by atoms with van der Waals surface area (Å²) in [5, 5.41) is 0.818. The Morgan fingerprint density at radius 3 is 2.38 bits per heavy atom. The predicted molar refractivity (Wildman–Crippen MR) is 99.1 cm³/mol. The Morgan fingerprint density at radius 1 is 1.21 bits per heavy atom. The van der Waals surface area contributed by atoms with Gasteiger partial charge in [-0.3, -0.25) is 4.79 Å². The molecule has 1 amide bonds. The minimum atomic E-state index is -0.410. The fourth-order valence-corrected chi connectivity index (χ4v) is 3.61. The standard InChI is InChI=1S/C13H22N6O2S.2ClH/c14-10(9-1-7-21-8-2-9)11(20)18-3-5-19(6-4-18)13-16-12(15)17-22-13;;/h9-10H,1-8,14H2,(H2,15,17);2*1H. The largest absolute Gasteiger partial charge is 0.381 e. The molecule has 1 unspecified atom stereocenters. The van der Waals surface area contributed by atoms with Gasteiger partial charge in [0.05, 0.1) is 6.04 Å². The Bertz CT molecular complexity index is 520. The molecule has 138 valence electrons. The van der Waals surface area contributed by atoms with E-state index in [9.17, 15) is 4.79 Å². The lowest BCUT2D eigenvalue weighted by Crippen LogP contribution is -2.55. The van der Waals surface area contributed by atoms with E-state index in [1.165, 1.54) is 11.5 Å². The highest BCUT2D eigenvalue weighted by Gasteiger charge is 2.31. The minimum absolute atomic E-state index is 0. The van der Waals surface area contributed by atoms with Gasteiger partial charge in [0.25, 0.3) is 0 Å². The normalized spacial score (nSPS) is 20.0. The first-order valence-corrected chi connectivity index (χ1v) is 8.39. The zero-order valence-electron chi connectivity index (χ0n) is 13.3.